The van der Waals surface area contributed by atoms with Crippen LogP contribution >= 0.6 is 0 Å². The monoisotopic (exact) mass is 911 g/mol. The zero-order chi connectivity index (χ0) is 49.1. The van der Waals surface area contributed by atoms with Crippen LogP contribution in [-0.4, -0.2) is 6.71 Å². The van der Waals surface area contributed by atoms with Crippen LogP contribution < -0.4 is 26.2 Å². The van der Waals surface area contributed by atoms with E-state index in [1.54, 1.807) is 0 Å². The fourth-order valence-corrected chi connectivity index (χ4v) is 14.6. The van der Waals surface area contributed by atoms with E-state index < -0.39 is 0 Å². The zero-order valence-electron chi connectivity index (χ0n) is 45.0. The Morgan fingerprint density at radius 2 is 0.986 bits per heavy atom. The van der Waals surface area contributed by atoms with E-state index in [0.29, 0.717) is 0 Å². The van der Waals surface area contributed by atoms with E-state index in [1.807, 2.05) is 0 Å². The maximum Gasteiger partial charge on any atom is 0.252 e. The number of para-hydroxylation sites is 1. The standard InChI is InChI=1S/C65H75BN2O/c1-37-20-18-19-21-49(37)68-53-30-39(59(3,4)5)29-52-57(53)66(47-22-23-54-56(58(47)68)40-31-42-46(35-55(40)69-54)63(12,13)27-25-61(42,8)9)48-32-43-45(65(16,17)36-64(43,14)15)34-51(48)67(52)50-33-44-41(28-38(50)2)60(6,7)24-26-62(44,10)11/h18-23,28-35H,24-27,36H2,1-17H3. The molecule has 5 aliphatic rings. The Morgan fingerprint density at radius 1 is 0.464 bits per heavy atom. The normalized spacial score (nSPS) is 20.6. The topological polar surface area (TPSA) is 19.6 Å². The molecule has 2 aliphatic heterocycles. The molecule has 0 saturated carbocycles. The summed E-state index contributed by atoms with van der Waals surface area (Å²) in [6.45, 7) is 41.4. The molecule has 3 aliphatic carbocycles. The quantitative estimate of drug-likeness (QED) is 0.161. The van der Waals surface area contributed by atoms with Crippen LogP contribution in [0.4, 0.5) is 34.1 Å². The molecule has 0 spiro atoms. The minimum absolute atomic E-state index is 0.00833. The van der Waals surface area contributed by atoms with Gasteiger partial charge in [-0.25, -0.2) is 0 Å². The van der Waals surface area contributed by atoms with Crippen LogP contribution in [0.1, 0.15) is 186 Å². The lowest BCUT2D eigenvalue weighted by molar-refractivity contribution is 0.332. The first-order valence-corrected chi connectivity index (χ1v) is 26.3. The van der Waals surface area contributed by atoms with Crippen molar-refractivity contribution < 1.29 is 4.42 Å². The SMILES string of the molecule is Cc1cc2c(cc1N1c3cc4c(cc3B3c5ccc6oc7cc8c(cc7c6c5N(c5ccccc5C)c5cc(C(C)(C)C)cc1c53)C(C)(C)CCC8(C)C)C(C)(C)CC4(C)C)C(C)(C)CCC2(C)C. The van der Waals surface area contributed by atoms with Gasteiger partial charge < -0.3 is 14.2 Å². The van der Waals surface area contributed by atoms with Crippen molar-refractivity contribution in [2.24, 2.45) is 0 Å². The van der Waals surface area contributed by atoms with Crippen molar-refractivity contribution in [3.05, 3.63) is 135 Å². The highest BCUT2D eigenvalue weighted by Crippen LogP contribution is 2.57. The van der Waals surface area contributed by atoms with Gasteiger partial charge in [0.15, 0.2) is 0 Å². The highest BCUT2D eigenvalue weighted by molar-refractivity contribution is 7.00. The number of hydrogen-bond acceptors (Lipinski definition) is 3. The molecule has 7 aromatic rings. The van der Waals surface area contributed by atoms with Crippen molar-refractivity contribution in [3.63, 3.8) is 0 Å². The smallest absolute Gasteiger partial charge is 0.252 e. The molecule has 0 amide bonds. The van der Waals surface area contributed by atoms with Crippen molar-refractivity contribution in [2.45, 2.75) is 188 Å². The first-order chi connectivity index (χ1) is 32.1. The number of hydrogen-bond donors (Lipinski definition) is 0. The third kappa shape index (κ3) is 6.24. The Hall–Kier alpha value is -5.22. The fraction of sp³-hybridized carbons (Fsp3) is 0.446. The van der Waals surface area contributed by atoms with E-state index in [1.165, 1.54) is 137 Å². The molecule has 3 nitrogen and oxygen atoms in total. The van der Waals surface area contributed by atoms with Gasteiger partial charge in [-0.3, -0.25) is 0 Å². The molecule has 0 fully saturated rings. The van der Waals surface area contributed by atoms with Crippen LogP contribution in [0.15, 0.2) is 89.3 Å². The summed E-state index contributed by atoms with van der Waals surface area (Å²) in [6.07, 6.45) is 5.83. The van der Waals surface area contributed by atoms with Crippen LogP contribution in [0.3, 0.4) is 0 Å². The van der Waals surface area contributed by atoms with E-state index in [-0.39, 0.29) is 44.6 Å². The number of rotatable bonds is 2. The van der Waals surface area contributed by atoms with E-state index in [0.717, 1.165) is 17.6 Å². The summed E-state index contributed by atoms with van der Waals surface area (Å²) in [5.74, 6) is 0. The molecule has 6 aromatic carbocycles. The van der Waals surface area contributed by atoms with Gasteiger partial charge in [-0.05, 0) is 199 Å². The van der Waals surface area contributed by atoms with Gasteiger partial charge in [0.25, 0.3) is 6.71 Å². The van der Waals surface area contributed by atoms with E-state index in [9.17, 15) is 0 Å². The summed E-state index contributed by atoms with van der Waals surface area (Å²) < 4.78 is 7.14. The minimum Gasteiger partial charge on any atom is -0.456 e. The second-order valence-electron chi connectivity index (χ2n) is 27.6. The summed E-state index contributed by atoms with van der Waals surface area (Å²) in [6, 6.07) is 34.5. The first-order valence-electron chi connectivity index (χ1n) is 26.3. The molecular weight excluding hydrogens is 836 g/mol. The zero-order valence-corrected chi connectivity index (χ0v) is 45.0. The van der Waals surface area contributed by atoms with Gasteiger partial charge in [0.1, 0.15) is 11.2 Å². The van der Waals surface area contributed by atoms with Gasteiger partial charge in [0.05, 0.1) is 11.1 Å². The average Bonchev–Trinajstić information content (AvgIpc) is 3.72. The second kappa shape index (κ2) is 13.8. The average molecular weight is 911 g/mol. The summed E-state index contributed by atoms with van der Waals surface area (Å²) >= 11 is 0. The molecule has 0 N–H and O–H groups in total. The number of furan rings is 1. The molecule has 0 unspecified atom stereocenters. The lowest BCUT2D eigenvalue weighted by atomic mass is 9.33. The van der Waals surface area contributed by atoms with E-state index >= 15 is 0 Å². The lowest BCUT2D eigenvalue weighted by Gasteiger charge is -2.47. The van der Waals surface area contributed by atoms with Crippen molar-refractivity contribution >= 4 is 79.2 Å². The highest BCUT2D eigenvalue weighted by Gasteiger charge is 2.50. The van der Waals surface area contributed by atoms with Gasteiger partial charge in [-0.15, -0.1) is 0 Å². The van der Waals surface area contributed by atoms with Crippen molar-refractivity contribution in [1.29, 1.82) is 0 Å². The van der Waals surface area contributed by atoms with Crippen molar-refractivity contribution in [3.8, 4) is 0 Å². The van der Waals surface area contributed by atoms with Gasteiger partial charge in [-0.1, -0.05) is 140 Å². The second-order valence-corrected chi connectivity index (χ2v) is 27.6. The van der Waals surface area contributed by atoms with E-state index in [4.69, 9.17) is 4.42 Å². The molecule has 12 rings (SSSR count). The van der Waals surface area contributed by atoms with E-state index in [2.05, 4.69) is 212 Å². The molecule has 0 bridgehead atoms. The third-order valence-electron chi connectivity index (χ3n) is 18.7. The van der Waals surface area contributed by atoms with Gasteiger partial charge in [-0.2, -0.15) is 0 Å². The highest BCUT2D eigenvalue weighted by atomic mass is 16.3. The predicted molar refractivity (Wildman–Crippen MR) is 297 cm³/mol. The number of benzene rings is 6. The third-order valence-corrected chi connectivity index (χ3v) is 18.7. The Balaban J connectivity index is 1.26. The summed E-state index contributed by atoms with van der Waals surface area (Å²) in [5.41, 5.74) is 26.9. The fourth-order valence-electron chi connectivity index (χ4n) is 14.6. The number of aryl methyl sites for hydroxylation is 2. The Bertz CT molecular complexity index is 3400. The van der Waals surface area contributed by atoms with Crippen LogP contribution in [-0.2, 0) is 37.9 Å². The maximum atomic E-state index is 7.14. The Morgan fingerprint density at radius 3 is 1.59 bits per heavy atom. The molecule has 354 valence electrons. The molecule has 0 radical (unpaired) electrons. The lowest BCUT2D eigenvalue weighted by Crippen LogP contribution is -2.61. The van der Waals surface area contributed by atoms with Crippen molar-refractivity contribution in [1.82, 2.24) is 0 Å². The van der Waals surface area contributed by atoms with Gasteiger partial charge in [0, 0.05) is 33.8 Å². The van der Waals surface area contributed by atoms with Crippen LogP contribution in [0.5, 0.6) is 0 Å². The number of fused-ring (bicyclic) bond motifs is 11. The predicted octanol–water partition coefficient (Wildman–Crippen LogP) is 16.2. The molecular formula is C65H75BN2O. The number of nitrogens with zero attached hydrogens (tertiary/aromatic N) is 2. The maximum absolute atomic E-state index is 7.14. The molecule has 4 heteroatoms. The van der Waals surface area contributed by atoms with Crippen molar-refractivity contribution in [2.75, 3.05) is 9.80 Å². The molecule has 69 heavy (non-hydrogen) atoms. The molecule has 0 atom stereocenters. The van der Waals surface area contributed by atoms with Crippen LogP contribution in [0.25, 0.3) is 21.9 Å². The Kier molecular flexibility index (Phi) is 8.99. The van der Waals surface area contributed by atoms with Gasteiger partial charge >= 0.3 is 0 Å². The molecule has 1 aromatic heterocycles. The summed E-state index contributed by atoms with van der Waals surface area (Å²) in [4.78, 5) is 5.42. The largest absolute Gasteiger partial charge is 0.456 e. The first kappa shape index (κ1) is 45.0. The minimum atomic E-state index is -0.128. The molecule has 0 saturated heterocycles. The van der Waals surface area contributed by atoms with Crippen LogP contribution in [0, 0.1) is 13.8 Å². The Labute approximate surface area is 414 Å². The summed E-state index contributed by atoms with van der Waals surface area (Å²) in [5, 5.41) is 2.45. The van der Waals surface area contributed by atoms with Crippen LogP contribution in [0.2, 0.25) is 0 Å². The summed E-state index contributed by atoms with van der Waals surface area (Å²) in [7, 11) is 0. The van der Waals surface area contributed by atoms with Gasteiger partial charge in [0.2, 0.25) is 0 Å². The number of anilines is 6. The molecule has 3 heterocycles.